The van der Waals surface area contributed by atoms with Crippen molar-refractivity contribution >= 4 is 22.4 Å². The maximum Gasteiger partial charge on any atom is 0.306 e. The Labute approximate surface area is 123 Å². The molecule has 1 aromatic heterocycles. The summed E-state index contributed by atoms with van der Waals surface area (Å²) in [5, 5.41) is 5.98. The zero-order chi connectivity index (χ0) is 14.6. The number of hydrogen-bond donors (Lipinski definition) is 1. The lowest BCUT2D eigenvalue weighted by atomic mass is 10.2. The van der Waals surface area contributed by atoms with Crippen molar-refractivity contribution in [1.29, 1.82) is 0 Å². The summed E-state index contributed by atoms with van der Waals surface area (Å²) >= 11 is 1.53. The fourth-order valence-electron chi connectivity index (χ4n) is 1.44. The lowest BCUT2D eigenvalue weighted by Gasteiger charge is -2.04. The molecule has 0 aliphatic rings. The van der Waals surface area contributed by atoms with Crippen LogP contribution in [0.25, 0.3) is 0 Å². The molecule has 0 saturated carbocycles. The van der Waals surface area contributed by atoms with Gasteiger partial charge in [-0.3, -0.25) is 4.79 Å². The van der Waals surface area contributed by atoms with Crippen molar-refractivity contribution in [2.45, 2.75) is 19.8 Å². The maximum atomic E-state index is 11.2. The Kier molecular flexibility index (Phi) is 8.93. The lowest BCUT2D eigenvalue weighted by molar-refractivity contribution is -0.143. The molecule has 0 unspecified atom stereocenters. The summed E-state index contributed by atoms with van der Waals surface area (Å²) in [7, 11) is 1.65. The second-order valence-corrected chi connectivity index (χ2v) is 4.84. The Morgan fingerprint density at radius 1 is 1.40 bits per heavy atom. The number of carbonyl (C=O) groups excluding carboxylic acids is 1. The van der Waals surface area contributed by atoms with Gasteiger partial charge < -0.3 is 19.5 Å². The van der Waals surface area contributed by atoms with Crippen LogP contribution in [0.2, 0.25) is 0 Å². The number of esters is 1. The standard InChI is InChI=1S/C13H22N2O4S/c1-3-19-12(16)5-4-11-10-20-13(15-11)14-6-7-18-9-8-17-2/h10H,3-9H2,1-2H3,(H,14,15). The van der Waals surface area contributed by atoms with Crippen LogP contribution in [0.5, 0.6) is 0 Å². The third-order valence-corrected chi connectivity index (χ3v) is 3.25. The average molecular weight is 302 g/mol. The molecule has 20 heavy (non-hydrogen) atoms. The van der Waals surface area contributed by atoms with Gasteiger partial charge in [-0.2, -0.15) is 0 Å². The molecular weight excluding hydrogens is 280 g/mol. The van der Waals surface area contributed by atoms with Gasteiger partial charge in [0.2, 0.25) is 0 Å². The summed E-state index contributed by atoms with van der Waals surface area (Å²) in [5.74, 6) is -0.179. The largest absolute Gasteiger partial charge is 0.466 e. The van der Waals surface area contributed by atoms with Crippen LogP contribution in [-0.2, 0) is 25.4 Å². The molecule has 1 aromatic rings. The average Bonchev–Trinajstić information content (AvgIpc) is 2.89. The summed E-state index contributed by atoms with van der Waals surface area (Å²) in [4.78, 5) is 15.6. The van der Waals surface area contributed by atoms with Crippen molar-refractivity contribution in [3.05, 3.63) is 11.1 Å². The highest BCUT2D eigenvalue weighted by molar-refractivity contribution is 7.13. The molecule has 1 rings (SSSR count). The van der Waals surface area contributed by atoms with Crippen molar-refractivity contribution in [3.63, 3.8) is 0 Å². The first-order valence-corrected chi connectivity index (χ1v) is 7.54. The van der Waals surface area contributed by atoms with E-state index in [9.17, 15) is 4.79 Å². The first kappa shape index (κ1) is 16.9. The van der Waals surface area contributed by atoms with Crippen molar-refractivity contribution in [2.75, 3.05) is 45.4 Å². The number of anilines is 1. The number of nitrogens with one attached hydrogen (secondary N) is 1. The monoisotopic (exact) mass is 302 g/mol. The molecule has 0 bridgehead atoms. The summed E-state index contributed by atoms with van der Waals surface area (Å²) < 4.78 is 15.1. The molecule has 0 spiro atoms. The molecule has 0 aliphatic heterocycles. The van der Waals surface area contributed by atoms with Crippen LogP contribution in [0.1, 0.15) is 19.0 Å². The Balaban J connectivity index is 2.14. The van der Waals surface area contributed by atoms with Crippen LogP contribution >= 0.6 is 11.3 Å². The maximum absolute atomic E-state index is 11.2. The highest BCUT2D eigenvalue weighted by Gasteiger charge is 2.06. The van der Waals surface area contributed by atoms with Gasteiger partial charge in [0.15, 0.2) is 5.13 Å². The molecule has 7 heteroatoms. The van der Waals surface area contributed by atoms with Gasteiger partial charge >= 0.3 is 5.97 Å². The number of nitrogens with zero attached hydrogens (tertiary/aromatic N) is 1. The summed E-state index contributed by atoms with van der Waals surface area (Å²) in [6.45, 7) is 4.75. The van der Waals surface area contributed by atoms with E-state index in [0.717, 1.165) is 10.8 Å². The molecular formula is C13H22N2O4S. The highest BCUT2D eigenvalue weighted by atomic mass is 32.1. The number of methoxy groups -OCH3 is 1. The third kappa shape index (κ3) is 7.42. The van der Waals surface area contributed by atoms with Crippen LogP contribution in [0.15, 0.2) is 5.38 Å². The predicted molar refractivity (Wildman–Crippen MR) is 78.3 cm³/mol. The summed E-state index contributed by atoms with van der Waals surface area (Å²) in [5.41, 5.74) is 0.908. The molecule has 0 saturated heterocycles. The zero-order valence-electron chi connectivity index (χ0n) is 12.0. The predicted octanol–water partition coefficient (Wildman–Crippen LogP) is 1.71. The smallest absolute Gasteiger partial charge is 0.306 e. The minimum Gasteiger partial charge on any atom is -0.466 e. The quantitative estimate of drug-likeness (QED) is 0.496. The summed E-state index contributed by atoms with van der Waals surface area (Å²) in [6.07, 6.45) is 0.985. The van der Waals surface area contributed by atoms with E-state index in [1.54, 1.807) is 14.0 Å². The molecule has 0 amide bonds. The van der Waals surface area contributed by atoms with Gasteiger partial charge in [0.1, 0.15) is 0 Å². The number of thiazole rings is 1. The van der Waals surface area contributed by atoms with Crippen LogP contribution in [-0.4, -0.2) is 51.0 Å². The highest BCUT2D eigenvalue weighted by Crippen LogP contribution is 2.16. The molecule has 1 N–H and O–H groups in total. The molecule has 0 radical (unpaired) electrons. The Morgan fingerprint density at radius 3 is 3.00 bits per heavy atom. The third-order valence-electron chi connectivity index (χ3n) is 2.40. The Hall–Kier alpha value is -1.18. The molecule has 6 nitrogen and oxygen atoms in total. The second-order valence-electron chi connectivity index (χ2n) is 3.98. The Morgan fingerprint density at radius 2 is 2.25 bits per heavy atom. The van der Waals surface area contributed by atoms with E-state index in [1.165, 1.54) is 11.3 Å². The van der Waals surface area contributed by atoms with E-state index in [0.29, 0.717) is 45.8 Å². The van der Waals surface area contributed by atoms with Gasteiger partial charge in [0.25, 0.3) is 0 Å². The van der Waals surface area contributed by atoms with Crippen LogP contribution in [0, 0.1) is 0 Å². The van der Waals surface area contributed by atoms with Crippen LogP contribution in [0.3, 0.4) is 0 Å². The minimum atomic E-state index is -0.179. The summed E-state index contributed by atoms with van der Waals surface area (Å²) in [6, 6.07) is 0. The van der Waals surface area contributed by atoms with E-state index >= 15 is 0 Å². The van der Waals surface area contributed by atoms with Crippen LogP contribution in [0.4, 0.5) is 5.13 Å². The fourth-order valence-corrected chi connectivity index (χ4v) is 2.21. The number of hydrogen-bond acceptors (Lipinski definition) is 7. The van der Waals surface area contributed by atoms with Gasteiger partial charge in [0, 0.05) is 25.5 Å². The zero-order valence-corrected chi connectivity index (χ0v) is 12.8. The number of ether oxygens (including phenoxy) is 3. The van der Waals surface area contributed by atoms with E-state index < -0.39 is 0 Å². The molecule has 0 fully saturated rings. The normalized spacial score (nSPS) is 10.5. The van der Waals surface area contributed by atoms with Gasteiger partial charge in [-0.25, -0.2) is 4.98 Å². The number of aryl methyl sites for hydroxylation is 1. The first-order chi connectivity index (χ1) is 9.76. The van der Waals surface area contributed by atoms with Crippen molar-refractivity contribution < 1.29 is 19.0 Å². The van der Waals surface area contributed by atoms with Gasteiger partial charge in [-0.1, -0.05) is 0 Å². The SMILES string of the molecule is CCOC(=O)CCc1csc(NCCOCCOC)n1. The van der Waals surface area contributed by atoms with E-state index in [-0.39, 0.29) is 5.97 Å². The first-order valence-electron chi connectivity index (χ1n) is 6.66. The van der Waals surface area contributed by atoms with Crippen molar-refractivity contribution in [1.82, 2.24) is 4.98 Å². The molecule has 114 valence electrons. The fraction of sp³-hybridized carbons (Fsp3) is 0.692. The number of aromatic nitrogens is 1. The molecule has 0 aliphatic carbocycles. The van der Waals surface area contributed by atoms with E-state index in [2.05, 4.69) is 10.3 Å². The molecule has 0 atom stereocenters. The van der Waals surface area contributed by atoms with Gasteiger partial charge in [0.05, 0.1) is 38.5 Å². The van der Waals surface area contributed by atoms with Gasteiger partial charge in [-0.15, -0.1) is 11.3 Å². The Bertz CT molecular complexity index is 384. The second kappa shape index (κ2) is 10.6. The molecule has 1 heterocycles. The topological polar surface area (TPSA) is 69.7 Å². The van der Waals surface area contributed by atoms with E-state index in [1.807, 2.05) is 5.38 Å². The van der Waals surface area contributed by atoms with Crippen molar-refractivity contribution in [3.8, 4) is 0 Å². The number of rotatable bonds is 11. The van der Waals surface area contributed by atoms with Crippen LogP contribution < -0.4 is 5.32 Å². The van der Waals surface area contributed by atoms with Crippen molar-refractivity contribution in [2.24, 2.45) is 0 Å². The number of carbonyl (C=O) groups is 1. The van der Waals surface area contributed by atoms with Gasteiger partial charge in [-0.05, 0) is 6.92 Å². The molecule has 0 aromatic carbocycles. The van der Waals surface area contributed by atoms with E-state index in [4.69, 9.17) is 14.2 Å². The minimum absolute atomic E-state index is 0.179. The lowest BCUT2D eigenvalue weighted by Crippen LogP contribution is -2.11.